The van der Waals surface area contributed by atoms with E-state index in [2.05, 4.69) is 0 Å². The van der Waals surface area contributed by atoms with Crippen LogP contribution in [0.25, 0.3) is 0 Å². The topological polar surface area (TPSA) is 74.7 Å². The molecule has 0 aromatic carbocycles. The Morgan fingerprint density at radius 1 is 1.16 bits per heavy atom. The lowest BCUT2D eigenvalue weighted by Crippen LogP contribution is -2.49. The van der Waals surface area contributed by atoms with E-state index in [1.165, 1.54) is 0 Å². The van der Waals surface area contributed by atoms with Crippen molar-refractivity contribution in [1.29, 1.82) is 0 Å². The van der Waals surface area contributed by atoms with Gasteiger partial charge in [0, 0.05) is 0 Å². The van der Waals surface area contributed by atoms with Crippen molar-refractivity contribution in [2.45, 2.75) is 39.2 Å². The second kappa shape index (κ2) is 4.05. The van der Waals surface area contributed by atoms with Crippen LogP contribution in [0.5, 0.6) is 0 Å². The van der Waals surface area contributed by atoms with E-state index in [1.807, 2.05) is 0 Å². The molecule has 2 aliphatic carbocycles. The lowest BCUT2D eigenvalue weighted by atomic mass is 9.81. The molecule has 104 valence electrons. The van der Waals surface area contributed by atoms with Gasteiger partial charge in [0.05, 0.1) is 11.8 Å². The summed E-state index contributed by atoms with van der Waals surface area (Å²) in [5.74, 6) is -1.66. The van der Waals surface area contributed by atoms with Crippen LogP contribution in [0.3, 0.4) is 0 Å². The van der Waals surface area contributed by atoms with Gasteiger partial charge in [0.15, 0.2) is 0 Å². The van der Waals surface area contributed by atoms with E-state index in [4.69, 9.17) is 0 Å². The van der Waals surface area contributed by atoms with E-state index in [0.29, 0.717) is 11.8 Å². The normalized spacial score (nSPS) is 38.2. The number of carboxylic acids is 1. The van der Waals surface area contributed by atoms with Crippen LogP contribution in [0.2, 0.25) is 0 Å². The molecule has 2 saturated carbocycles. The van der Waals surface area contributed by atoms with Crippen LogP contribution in [-0.2, 0) is 14.4 Å². The third-order valence-corrected chi connectivity index (χ3v) is 5.12. The van der Waals surface area contributed by atoms with Gasteiger partial charge < -0.3 is 5.11 Å². The molecule has 2 amide bonds. The van der Waals surface area contributed by atoms with Gasteiger partial charge in [-0.15, -0.1) is 0 Å². The molecule has 1 heterocycles. The Balaban J connectivity index is 1.94. The molecule has 0 aromatic rings. The first kappa shape index (κ1) is 12.6. The second-order valence-corrected chi connectivity index (χ2v) is 6.46. The first-order valence-corrected chi connectivity index (χ1v) is 7.03. The summed E-state index contributed by atoms with van der Waals surface area (Å²) in [4.78, 5) is 37.4. The summed E-state index contributed by atoms with van der Waals surface area (Å²) in [6.45, 7) is 3.48. The van der Waals surface area contributed by atoms with Crippen molar-refractivity contribution in [2.24, 2.45) is 29.6 Å². The van der Waals surface area contributed by atoms with Crippen molar-refractivity contribution in [3.8, 4) is 0 Å². The molecule has 2 bridgehead atoms. The van der Waals surface area contributed by atoms with Crippen molar-refractivity contribution >= 4 is 17.8 Å². The lowest BCUT2D eigenvalue weighted by molar-refractivity contribution is -0.157. The second-order valence-electron chi connectivity index (χ2n) is 6.46. The predicted molar refractivity (Wildman–Crippen MR) is 65.9 cm³/mol. The number of hydrogen-bond donors (Lipinski definition) is 1. The van der Waals surface area contributed by atoms with Gasteiger partial charge >= 0.3 is 5.97 Å². The fourth-order valence-corrected chi connectivity index (χ4v) is 4.40. The van der Waals surface area contributed by atoms with Crippen molar-refractivity contribution in [3.05, 3.63) is 0 Å². The van der Waals surface area contributed by atoms with Gasteiger partial charge in [0.25, 0.3) is 0 Å². The number of aliphatic carboxylic acids is 1. The first-order chi connectivity index (χ1) is 8.93. The van der Waals surface area contributed by atoms with Gasteiger partial charge in [-0.1, -0.05) is 13.8 Å². The van der Waals surface area contributed by atoms with Gasteiger partial charge in [-0.2, -0.15) is 0 Å². The average Bonchev–Trinajstić information content (AvgIpc) is 2.97. The zero-order chi connectivity index (χ0) is 13.9. The highest BCUT2D eigenvalue weighted by atomic mass is 16.4. The zero-order valence-electron chi connectivity index (χ0n) is 11.2. The maximum Gasteiger partial charge on any atom is 0.327 e. The average molecular weight is 265 g/mol. The highest BCUT2D eigenvalue weighted by Gasteiger charge is 2.62. The first-order valence-electron chi connectivity index (χ1n) is 7.03. The Hall–Kier alpha value is -1.39. The summed E-state index contributed by atoms with van der Waals surface area (Å²) in [6.07, 6.45) is 3.00. The number of fused-ring (bicyclic) bond motifs is 5. The molecule has 1 N–H and O–H groups in total. The van der Waals surface area contributed by atoms with Crippen LogP contribution in [-0.4, -0.2) is 33.8 Å². The number of carbonyl (C=O) groups is 3. The lowest BCUT2D eigenvalue weighted by Gasteiger charge is -2.27. The Kier molecular flexibility index (Phi) is 2.69. The minimum atomic E-state index is -1.08. The maximum absolute atomic E-state index is 12.5. The minimum Gasteiger partial charge on any atom is -0.480 e. The molecule has 3 rings (SSSR count). The molecule has 19 heavy (non-hydrogen) atoms. The van der Waals surface area contributed by atoms with E-state index in [-0.39, 0.29) is 29.6 Å². The van der Waals surface area contributed by atoms with E-state index < -0.39 is 12.0 Å². The molecule has 0 spiro atoms. The van der Waals surface area contributed by atoms with E-state index in [9.17, 15) is 19.5 Å². The maximum atomic E-state index is 12.5. The molecule has 5 heteroatoms. The number of imide groups is 1. The number of carboxylic acid groups (broad SMARTS) is 1. The molecule has 3 aliphatic rings. The van der Waals surface area contributed by atoms with Crippen LogP contribution >= 0.6 is 0 Å². The van der Waals surface area contributed by atoms with Gasteiger partial charge in [0.1, 0.15) is 6.04 Å². The third-order valence-electron chi connectivity index (χ3n) is 5.12. The van der Waals surface area contributed by atoms with Crippen LogP contribution in [0.15, 0.2) is 0 Å². The largest absolute Gasteiger partial charge is 0.480 e. The molecule has 0 unspecified atom stereocenters. The highest BCUT2D eigenvalue weighted by molar-refractivity contribution is 6.08. The highest BCUT2D eigenvalue weighted by Crippen LogP contribution is 2.56. The van der Waals surface area contributed by atoms with Gasteiger partial charge in [-0.25, -0.2) is 4.79 Å². The van der Waals surface area contributed by atoms with Crippen LogP contribution in [0.1, 0.15) is 33.1 Å². The molecular weight excluding hydrogens is 246 g/mol. The van der Waals surface area contributed by atoms with Crippen molar-refractivity contribution in [2.75, 3.05) is 0 Å². The number of likely N-dealkylation sites (tertiary alicyclic amines) is 1. The molecule has 1 saturated heterocycles. The monoisotopic (exact) mass is 265 g/mol. The van der Waals surface area contributed by atoms with E-state index in [1.54, 1.807) is 13.8 Å². The number of carbonyl (C=O) groups excluding carboxylic acids is 2. The molecule has 5 atom stereocenters. The Labute approximate surface area is 112 Å². The summed E-state index contributed by atoms with van der Waals surface area (Å²) in [6, 6.07) is -1.01. The molecular formula is C14H19NO4. The zero-order valence-corrected chi connectivity index (χ0v) is 11.2. The number of nitrogens with zero attached hydrogens (tertiary/aromatic N) is 1. The predicted octanol–water partition coefficient (Wildman–Crippen LogP) is 1.13. The summed E-state index contributed by atoms with van der Waals surface area (Å²) in [5.41, 5.74) is 0. The number of hydrogen-bond acceptors (Lipinski definition) is 3. The van der Waals surface area contributed by atoms with Crippen LogP contribution in [0.4, 0.5) is 0 Å². The fraction of sp³-hybridized carbons (Fsp3) is 0.786. The van der Waals surface area contributed by atoms with Crippen LogP contribution < -0.4 is 0 Å². The molecule has 5 nitrogen and oxygen atoms in total. The molecule has 3 fully saturated rings. The molecule has 0 radical (unpaired) electrons. The Bertz CT molecular complexity index is 430. The summed E-state index contributed by atoms with van der Waals surface area (Å²) in [5, 5.41) is 9.30. The SMILES string of the molecule is CC(C)[C@H](C(=O)O)N1C(=O)[C@@H]2[C@@H]3CC[C@@H](C3)[C@@H]2C1=O. The summed E-state index contributed by atoms with van der Waals surface area (Å²) >= 11 is 0. The van der Waals surface area contributed by atoms with Gasteiger partial charge in [-0.3, -0.25) is 14.5 Å². The quantitative estimate of drug-likeness (QED) is 0.776. The van der Waals surface area contributed by atoms with Crippen molar-refractivity contribution in [3.63, 3.8) is 0 Å². The number of amides is 2. The Morgan fingerprint density at radius 3 is 2.00 bits per heavy atom. The summed E-state index contributed by atoms with van der Waals surface area (Å²) in [7, 11) is 0. The summed E-state index contributed by atoms with van der Waals surface area (Å²) < 4.78 is 0. The Morgan fingerprint density at radius 2 is 1.63 bits per heavy atom. The molecule has 1 aliphatic heterocycles. The minimum absolute atomic E-state index is 0.230. The number of rotatable bonds is 3. The van der Waals surface area contributed by atoms with Gasteiger partial charge in [0.2, 0.25) is 11.8 Å². The smallest absolute Gasteiger partial charge is 0.327 e. The standard InChI is InChI=1S/C14H19NO4/c1-6(2)11(14(18)19)15-12(16)9-7-3-4-8(5-7)10(9)13(15)17/h6-11H,3-5H2,1-2H3,(H,18,19)/t7-,8+,9-,10+,11-/m1/s1. The van der Waals surface area contributed by atoms with Gasteiger partial charge in [-0.05, 0) is 37.0 Å². The fourth-order valence-electron chi connectivity index (χ4n) is 4.40. The third kappa shape index (κ3) is 1.56. The van der Waals surface area contributed by atoms with E-state index in [0.717, 1.165) is 24.2 Å². The van der Waals surface area contributed by atoms with Crippen molar-refractivity contribution < 1.29 is 19.5 Å². The van der Waals surface area contributed by atoms with Crippen LogP contribution in [0, 0.1) is 29.6 Å². The van der Waals surface area contributed by atoms with E-state index >= 15 is 0 Å². The van der Waals surface area contributed by atoms with Crippen molar-refractivity contribution in [1.82, 2.24) is 4.90 Å². The molecule has 0 aromatic heterocycles.